The van der Waals surface area contributed by atoms with E-state index in [0.29, 0.717) is 5.41 Å². The second-order valence-electron chi connectivity index (χ2n) is 3.90. The normalized spacial score (nSPS) is 19.8. The summed E-state index contributed by atoms with van der Waals surface area (Å²) in [7, 11) is 0. The Bertz CT molecular complexity index is 283. The molecule has 0 aliphatic heterocycles. The third kappa shape index (κ3) is 2.18. The van der Waals surface area contributed by atoms with Gasteiger partial charge in [0.2, 0.25) is 0 Å². The first-order chi connectivity index (χ1) is 6.24. The van der Waals surface area contributed by atoms with Gasteiger partial charge in [0.05, 0.1) is 0 Å². The van der Waals surface area contributed by atoms with Crippen molar-refractivity contribution in [3.63, 3.8) is 0 Å². The molecular formula is C10H12Br2S. The summed E-state index contributed by atoms with van der Waals surface area (Å²) in [4.78, 5) is 1.52. The average Bonchev–Trinajstić information content (AvgIpc) is 2.44. The molecule has 0 saturated heterocycles. The van der Waals surface area contributed by atoms with Gasteiger partial charge in [-0.25, -0.2) is 0 Å². The first kappa shape index (κ1) is 10.2. The minimum absolute atomic E-state index is 0.588. The summed E-state index contributed by atoms with van der Waals surface area (Å²) >= 11 is 9.01. The standard InChI is InChI=1S/C10H12Br2S/c11-7-10(2-1-3-10)5-9-4-8(12)6-13-9/h4,6H,1-3,5,7H2. The molecule has 0 amide bonds. The Morgan fingerprint density at radius 2 is 2.23 bits per heavy atom. The van der Waals surface area contributed by atoms with Gasteiger partial charge in [-0.15, -0.1) is 11.3 Å². The topological polar surface area (TPSA) is 0 Å². The molecule has 1 aliphatic carbocycles. The number of hydrogen-bond acceptors (Lipinski definition) is 1. The van der Waals surface area contributed by atoms with Gasteiger partial charge in [-0.05, 0) is 46.7 Å². The van der Waals surface area contributed by atoms with Gasteiger partial charge < -0.3 is 0 Å². The Kier molecular flexibility index (Phi) is 3.16. The first-order valence-corrected chi connectivity index (χ1v) is 7.32. The van der Waals surface area contributed by atoms with Crippen molar-refractivity contribution in [2.45, 2.75) is 25.7 Å². The van der Waals surface area contributed by atoms with Crippen molar-refractivity contribution in [1.29, 1.82) is 0 Å². The van der Waals surface area contributed by atoms with Crippen LogP contribution in [0.5, 0.6) is 0 Å². The molecule has 1 heterocycles. The molecule has 1 aromatic heterocycles. The van der Waals surface area contributed by atoms with Crippen molar-refractivity contribution in [2.24, 2.45) is 5.41 Å². The van der Waals surface area contributed by atoms with Crippen LogP contribution in [0.4, 0.5) is 0 Å². The molecule has 13 heavy (non-hydrogen) atoms. The Hall–Kier alpha value is 0.660. The lowest BCUT2D eigenvalue weighted by molar-refractivity contribution is 0.171. The molecule has 0 nitrogen and oxygen atoms in total. The molecule has 0 unspecified atom stereocenters. The van der Waals surface area contributed by atoms with E-state index in [9.17, 15) is 0 Å². The first-order valence-electron chi connectivity index (χ1n) is 4.53. The van der Waals surface area contributed by atoms with Gasteiger partial charge in [-0.2, -0.15) is 0 Å². The summed E-state index contributed by atoms with van der Waals surface area (Å²) in [6.07, 6.45) is 5.47. The van der Waals surface area contributed by atoms with Crippen LogP contribution in [-0.4, -0.2) is 5.33 Å². The fraction of sp³-hybridized carbons (Fsp3) is 0.600. The van der Waals surface area contributed by atoms with E-state index in [1.165, 1.54) is 35.0 Å². The van der Waals surface area contributed by atoms with E-state index in [2.05, 4.69) is 43.3 Å². The fourth-order valence-corrected chi connectivity index (χ4v) is 4.23. The maximum atomic E-state index is 3.64. The van der Waals surface area contributed by atoms with Crippen LogP contribution in [0.3, 0.4) is 0 Å². The van der Waals surface area contributed by atoms with E-state index >= 15 is 0 Å². The van der Waals surface area contributed by atoms with Crippen molar-refractivity contribution in [1.82, 2.24) is 0 Å². The Labute approximate surface area is 100.0 Å². The van der Waals surface area contributed by atoms with Gasteiger partial charge in [0, 0.05) is 20.1 Å². The minimum atomic E-state index is 0.588. The molecule has 1 aromatic rings. The average molecular weight is 324 g/mol. The predicted molar refractivity (Wildman–Crippen MR) is 65.8 cm³/mol. The second kappa shape index (κ2) is 4.03. The molecule has 0 spiro atoms. The van der Waals surface area contributed by atoms with Gasteiger partial charge in [0.15, 0.2) is 0 Å². The maximum absolute atomic E-state index is 3.64. The minimum Gasteiger partial charge on any atom is -0.148 e. The van der Waals surface area contributed by atoms with Crippen LogP contribution in [0, 0.1) is 5.41 Å². The van der Waals surface area contributed by atoms with E-state index < -0.39 is 0 Å². The molecule has 1 aliphatic rings. The van der Waals surface area contributed by atoms with Gasteiger partial charge in [0.25, 0.3) is 0 Å². The number of halogens is 2. The zero-order valence-electron chi connectivity index (χ0n) is 7.35. The van der Waals surface area contributed by atoms with Crippen molar-refractivity contribution >= 4 is 43.2 Å². The second-order valence-corrected chi connectivity index (χ2v) is 6.37. The van der Waals surface area contributed by atoms with Gasteiger partial charge in [-0.3, -0.25) is 0 Å². The molecule has 1 saturated carbocycles. The van der Waals surface area contributed by atoms with Crippen molar-refractivity contribution in [2.75, 3.05) is 5.33 Å². The van der Waals surface area contributed by atoms with Crippen LogP contribution in [0.1, 0.15) is 24.1 Å². The maximum Gasteiger partial charge on any atom is 0.0285 e. The third-order valence-corrected chi connectivity index (χ3v) is 5.76. The monoisotopic (exact) mass is 322 g/mol. The molecule has 0 atom stereocenters. The molecule has 2 rings (SSSR count). The number of thiophene rings is 1. The molecule has 0 aromatic carbocycles. The summed E-state index contributed by atoms with van der Waals surface area (Å²) in [6, 6.07) is 2.26. The highest BCUT2D eigenvalue weighted by molar-refractivity contribution is 9.10. The summed E-state index contributed by atoms with van der Waals surface area (Å²) in [6.45, 7) is 0. The molecule has 3 heteroatoms. The van der Waals surface area contributed by atoms with Crippen LogP contribution in [0.25, 0.3) is 0 Å². The molecule has 72 valence electrons. The Morgan fingerprint density at radius 1 is 1.46 bits per heavy atom. The van der Waals surface area contributed by atoms with E-state index in [1.807, 2.05) is 11.3 Å². The zero-order chi connectivity index (χ0) is 9.31. The molecular weight excluding hydrogens is 312 g/mol. The van der Waals surface area contributed by atoms with Crippen molar-refractivity contribution < 1.29 is 0 Å². The highest BCUT2D eigenvalue weighted by Gasteiger charge is 2.36. The van der Waals surface area contributed by atoms with Crippen LogP contribution >= 0.6 is 43.2 Å². The van der Waals surface area contributed by atoms with E-state index in [1.54, 1.807) is 0 Å². The van der Waals surface area contributed by atoms with E-state index in [0.717, 1.165) is 5.33 Å². The summed E-state index contributed by atoms with van der Waals surface area (Å²) < 4.78 is 1.23. The molecule has 0 bridgehead atoms. The van der Waals surface area contributed by atoms with Crippen molar-refractivity contribution in [3.8, 4) is 0 Å². The number of rotatable bonds is 3. The Morgan fingerprint density at radius 3 is 2.62 bits per heavy atom. The SMILES string of the molecule is BrCC1(Cc2cc(Br)cs2)CCC1. The van der Waals surface area contributed by atoms with Gasteiger partial charge in [0.1, 0.15) is 0 Å². The van der Waals surface area contributed by atoms with E-state index in [-0.39, 0.29) is 0 Å². The van der Waals surface area contributed by atoms with E-state index in [4.69, 9.17) is 0 Å². The lowest BCUT2D eigenvalue weighted by atomic mass is 9.68. The largest absolute Gasteiger partial charge is 0.148 e. The summed E-state index contributed by atoms with van der Waals surface area (Å²) in [5.74, 6) is 0. The number of alkyl halides is 1. The molecule has 0 radical (unpaired) electrons. The van der Waals surface area contributed by atoms with Gasteiger partial charge in [-0.1, -0.05) is 22.4 Å². The Balaban J connectivity index is 2.04. The fourth-order valence-electron chi connectivity index (χ4n) is 1.85. The summed E-state index contributed by atoms with van der Waals surface area (Å²) in [5.41, 5.74) is 0.588. The lowest BCUT2D eigenvalue weighted by Gasteiger charge is -2.40. The third-order valence-electron chi connectivity index (χ3n) is 2.87. The van der Waals surface area contributed by atoms with Crippen LogP contribution in [0.15, 0.2) is 15.9 Å². The predicted octanol–water partition coefficient (Wildman–Crippen LogP) is 4.62. The molecule has 1 fully saturated rings. The highest BCUT2D eigenvalue weighted by atomic mass is 79.9. The summed E-state index contributed by atoms with van der Waals surface area (Å²) in [5, 5.41) is 3.34. The smallest absolute Gasteiger partial charge is 0.0285 e. The highest BCUT2D eigenvalue weighted by Crippen LogP contribution is 2.45. The molecule has 0 N–H and O–H groups in total. The van der Waals surface area contributed by atoms with Crippen LogP contribution < -0.4 is 0 Å². The van der Waals surface area contributed by atoms with Crippen molar-refractivity contribution in [3.05, 3.63) is 20.8 Å². The van der Waals surface area contributed by atoms with Crippen LogP contribution in [-0.2, 0) is 6.42 Å². The number of hydrogen-bond donors (Lipinski definition) is 0. The zero-order valence-corrected chi connectivity index (χ0v) is 11.3. The lowest BCUT2D eigenvalue weighted by Crippen LogP contribution is -2.33. The van der Waals surface area contributed by atoms with Gasteiger partial charge >= 0.3 is 0 Å². The quantitative estimate of drug-likeness (QED) is 0.712. The van der Waals surface area contributed by atoms with Crippen LogP contribution in [0.2, 0.25) is 0 Å².